The molecule has 1 heterocycles. The van der Waals surface area contributed by atoms with Gasteiger partial charge in [-0.15, -0.1) is 0 Å². The van der Waals surface area contributed by atoms with Crippen molar-refractivity contribution in [3.05, 3.63) is 51.6 Å². The average molecular weight is 377 g/mol. The molecule has 1 aromatic carbocycles. The van der Waals surface area contributed by atoms with Crippen molar-refractivity contribution in [2.75, 3.05) is 19.8 Å². The molecule has 0 saturated carbocycles. The largest absolute Gasteiger partial charge is 0.493 e. The van der Waals surface area contributed by atoms with Crippen LogP contribution >= 0.6 is 11.6 Å². The minimum atomic E-state index is 0.639. The maximum absolute atomic E-state index is 6.34. The van der Waals surface area contributed by atoms with Gasteiger partial charge in [0.05, 0.1) is 29.6 Å². The molecule has 0 N–H and O–H groups in total. The maximum atomic E-state index is 6.34. The van der Waals surface area contributed by atoms with Gasteiger partial charge in [0.25, 0.3) is 0 Å². The van der Waals surface area contributed by atoms with Gasteiger partial charge in [0.15, 0.2) is 0 Å². The van der Waals surface area contributed by atoms with Crippen molar-refractivity contribution in [2.45, 2.75) is 53.4 Å². The number of benzene rings is 1. The van der Waals surface area contributed by atoms with Gasteiger partial charge in [0.1, 0.15) is 12.1 Å². The Labute approximate surface area is 161 Å². The molecule has 0 aliphatic carbocycles. The average Bonchev–Trinajstić information content (AvgIpc) is 2.65. The molecule has 0 saturated heterocycles. The Bertz CT molecular complexity index is 719. The van der Waals surface area contributed by atoms with E-state index in [-0.39, 0.29) is 0 Å². The van der Waals surface area contributed by atoms with E-state index in [4.69, 9.17) is 21.1 Å². The van der Waals surface area contributed by atoms with Crippen molar-refractivity contribution in [3.8, 4) is 5.75 Å². The maximum Gasteiger partial charge on any atom is 0.122 e. The number of ether oxygens (including phenoxy) is 2. The summed E-state index contributed by atoms with van der Waals surface area (Å²) >= 11 is 6.34. The Balaban J connectivity index is 1.89. The SMILES string of the molecule is CCOCCc1ccc(OCCCc2ncnc(CC)c2Cl)c(C)c1C. The van der Waals surface area contributed by atoms with E-state index >= 15 is 0 Å². The molecule has 26 heavy (non-hydrogen) atoms. The van der Waals surface area contributed by atoms with E-state index in [1.54, 1.807) is 6.33 Å². The Morgan fingerprint density at radius 2 is 1.73 bits per heavy atom. The summed E-state index contributed by atoms with van der Waals surface area (Å²) in [5.74, 6) is 0.950. The van der Waals surface area contributed by atoms with E-state index in [1.807, 2.05) is 13.8 Å². The highest BCUT2D eigenvalue weighted by atomic mass is 35.5. The second kappa shape index (κ2) is 10.5. The lowest BCUT2D eigenvalue weighted by atomic mass is 10.0. The highest BCUT2D eigenvalue weighted by molar-refractivity contribution is 6.31. The smallest absolute Gasteiger partial charge is 0.122 e. The van der Waals surface area contributed by atoms with Crippen LogP contribution in [0.4, 0.5) is 0 Å². The third-order valence-electron chi connectivity index (χ3n) is 4.65. The van der Waals surface area contributed by atoms with E-state index < -0.39 is 0 Å². The topological polar surface area (TPSA) is 44.2 Å². The number of hydrogen-bond acceptors (Lipinski definition) is 4. The molecule has 5 heteroatoms. The lowest BCUT2D eigenvalue weighted by Crippen LogP contribution is -2.05. The van der Waals surface area contributed by atoms with Gasteiger partial charge >= 0.3 is 0 Å². The number of rotatable bonds is 10. The van der Waals surface area contributed by atoms with Crippen molar-refractivity contribution in [3.63, 3.8) is 0 Å². The second-order valence-corrected chi connectivity index (χ2v) is 6.68. The second-order valence-electron chi connectivity index (χ2n) is 6.31. The molecular weight excluding hydrogens is 348 g/mol. The van der Waals surface area contributed by atoms with Crippen molar-refractivity contribution < 1.29 is 9.47 Å². The van der Waals surface area contributed by atoms with Gasteiger partial charge in [-0.05, 0) is 69.2 Å². The number of hydrogen-bond donors (Lipinski definition) is 0. The fourth-order valence-corrected chi connectivity index (χ4v) is 3.22. The number of halogens is 1. The summed E-state index contributed by atoms with van der Waals surface area (Å²) in [4.78, 5) is 8.51. The van der Waals surface area contributed by atoms with Gasteiger partial charge in [0, 0.05) is 6.61 Å². The first-order chi connectivity index (χ1) is 12.6. The molecule has 0 spiro atoms. The lowest BCUT2D eigenvalue weighted by Gasteiger charge is -2.15. The number of aromatic nitrogens is 2. The minimum Gasteiger partial charge on any atom is -0.493 e. The van der Waals surface area contributed by atoms with Crippen LogP contribution in [-0.4, -0.2) is 29.8 Å². The predicted octanol–water partition coefficient (Wildman–Crippen LogP) is 4.90. The molecule has 142 valence electrons. The molecule has 0 atom stereocenters. The van der Waals surface area contributed by atoms with Crippen LogP contribution in [0.1, 0.15) is 48.3 Å². The molecule has 0 radical (unpaired) electrons. The van der Waals surface area contributed by atoms with E-state index in [0.717, 1.165) is 56.0 Å². The van der Waals surface area contributed by atoms with Crippen LogP contribution < -0.4 is 4.74 Å². The van der Waals surface area contributed by atoms with Crippen LogP contribution in [0.2, 0.25) is 5.02 Å². The zero-order valence-electron chi connectivity index (χ0n) is 16.3. The molecule has 1 aromatic heterocycles. The first-order valence-electron chi connectivity index (χ1n) is 9.36. The number of aryl methyl sites for hydroxylation is 2. The normalized spacial score (nSPS) is 11.0. The summed E-state index contributed by atoms with van der Waals surface area (Å²) in [7, 11) is 0. The summed E-state index contributed by atoms with van der Waals surface area (Å²) in [6.45, 7) is 10.5. The Hall–Kier alpha value is -1.65. The molecule has 0 amide bonds. The third-order valence-corrected chi connectivity index (χ3v) is 5.09. The summed E-state index contributed by atoms with van der Waals surface area (Å²) in [6, 6.07) is 4.21. The van der Waals surface area contributed by atoms with Gasteiger partial charge in [0.2, 0.25) is 0 Å². The summed E-state index contributed by atoms with van der Waals surface area (Å²) in [6.07, 6.45) is 5.00. The van der Waals surface area contributed by atoms with Crippen LogP contribution in [0.15, 0.2) is 18.5 Å². The zero-order chi connectivity index (χ0) is 18.9. The van der Waals surface area contributed by atoms with Crippen LogP contribution in [0.3, 0.4) is 0 Å². The molecule has 2 aromatic rings. The fraction of sp³-hybridized carbons (Fsp3) is 0.524. The van der Waals surface area contributed by atoms with Gasteiger partial charge in [-0.3, -0.25) is 0 Å². The molecule has 0 aliphatic heterocycles. The Morgan fingerprint density at radius 1 is 0.962 bits per heavy atom. The van der Waals surface area contributed by atoms with Crippen LogP contribution in [-0.2, 0) is 24.0 Å². The molecule has 4 nitrogen and oxygen atoms in total. The Morgan fingerprint density at radius 3 is 2.46 bits per heavy atom. The monoisotopic (exact) mass is 376 g/mol. The highest BCUT2D eigenvalue weighted by Gasteiger charge is 2.09. The van der Waals surface area contributed by atoms with Crippen molar-refractivity contribution in [1.29, 1.82) is 0 Å². The summed E-state index contributed by atoms with van der Waals surface area (Å²) < 4.78 is 11.5. The molecule has 0 unspecified atom stereocenters. The predicted molar refractivity (Wildman–Crippen MR) is 106 cm³/mol. The molecule has 2 rings (SSSR count). The lowest BCUT2D eigenvalue weighted by molar-refractivity contribution is 0.151. The van der Waals surface area contributed by atoms with Gasteiger partial charge in [-0.25, -0.2) is 9.97 Å². The molecule has 0 bridgehead atoms. The molecule has 0 aliphatic rings. The quantitative estimate of drug-likeness (QED) is 0.553. The zero-order valence-corrected chi connectivity index (χ0v) is 17.0. The van der Waals surface area contributed by atoms with Crippen molar-refractivity contribution >= 4 is 11.6 Å². The van der Waals surface area contributed by atoms with E-state index in [9.17, 15) is 0 Å². The first kappa shape index (κ1) is 20.7. The minimum absolute atomic E-state index is 0.639. The van der Waals surface area contributed by atoms with E-state index in [2.05, 4.69) is 35.9 Å². The molecule has 0 fully saturated rings. The van der Waals surface area contributed by atoms with Crippen LogP contribution in [0.25, 0.3) is 0 Å². The third kappa shape index (κ3) is 5.42. The van der Waals surface area contributed by atoms with Crippen LogP contribution in [0, 0.1) is 13.8 Å². The van der Waals surface area contributed by atoms with E-state index in [0.29, 0.717) is 11.6 Å². The fourth-order valence-electron chi connectivity index (χ4n) is 2.90. The van der Waals surface area contributed by atoms with Crippen molar-refractivity contribution in [1.82, 2.24) is 9.97 Å². The first-order valence-corrected chi connectivity index (χ1v) is 9.74. The Kier molecular flexibility index (Phi) is 8.33. The molecular formula is C21H29ClN2O2. The van der Waals surface area contributed by atoms with Gasteiger partial charge in [-0.2, -0.15) is 0 Å². The van der Waals surface area contributed by atoms with E-state index in [1.165, 1.54) is 16.7 Å². The van der Waals surface area contributed by atoms with Gasteiger partial charge in [-0.1, -0.05) is 24.6 Å². The van der Waals surface area contributed by atoms with Gasteiger partial charge < -0.3 is 9.47 Å². The standard InChI is InChI=1S/C21H29ClN2O2/c1-5-18-21(22)19(24-14-23-18)8-7-12-26-20-10-9-17(11-13-25-6-2)15(3)16(20)4/h9-10,14H,5-8,11-13H2,1-4H3. The van der Waals surface area contributed by atoms with Crippen LogP contribution in [0.5, 0.6) is 5.75 Å². The highest BCUT2D eigenvalue weighted by Crippen LogP contribution is 2.25. The summed E-state index contributed by atoms with van der Waals surface area (Å²) in [5.41, 5.74) is 5.62. The number of nitrogens with zero attached hydrogens (tertiary/aromatic N) is 2. The summed E-state index contributed by atoms with van der Waals surface area (Å²) in [5, 5.41) is 0.695. The van der Waals surface area contributed by atoms with Crippen molar-refractivity contribution in [2.24, 2.45) is 0 Å².